The lowest BCUT2D eigenvalue weighted by Gasteiger charge is -2.10. The van der Waals surface area contributed by atoms with Crippen molar-refractivity contribution in [1.29, 1.82) is 0 Å². The fraction of sp³-hybridized carbons (Fsp3) is 0.286. The summed E-state index contributed by atoms with van der Waals surface area (Å²) in [7, 11) is 0. The number of aryl methyl sites for hydroxylation is 1. The van der Waals surface area contributed by atoms with E-state index in [2.05, 4.69) is 27.8 Å². The molecule has 4 nitrogen and oxygen atoms in total. The number of nitrogens with zero attached hydrogens (tertiary/aromatic N) is 2. The summed E-state index contributed by atoms with van der Waals surface area (Å²) in [5.74, 6) is 0.367. The highest BCUT2D eigenvalue weighted by Crippen LogP contribution is 2.24. The van der Waals surface area contributed by atoms with Gasteiger partial charge >= 0.3 is 0 Å². The summed E-state index contributed by atoms with van der Waals surface area (Å²) in [6, 6.07) is 3.59. The van der Waals surface area contributed by atoms with E-state index >= 15 is 0 Å². The SMILES string of the molecule is CCCn1ccnc1C(=O)c1cc(Br)cc(N)c1C. The van der Waals surface area contributed by atoms with Crippen LogP contribution in [0.5, 0.6) is 0 Å². The summed E-state index contributed by atoms with van der Waals surface area (Å²) in [4.78, 5) is 16.7. The molecular weight excluding hydrogens is 306 g/mol. The van der Waals surface area contributed by atoms with Crippen molar-refractivity contribution < 1.29 is 4.79 Å². The second-order valence-electron chi connectivity index (χ2n) is 4.44. The van der Waals surface area contributed by atoms with Crippen LogP contribution in [-0.2, 0) is 6.54 Å². The van der Waals surface area contributed by atoms with Crippen molar-refractivity contribution in [1.82, 2.24) is 9.55 Å². The topological polar surface area (TPSA) is 60.9 Å². The highest BCUT2D eigenvalue weighted by molar-refractivity contribution is 9.10. The maximum Gasteiger partial charge on any atom is 0.228 e. The molecule has 0 amide bonds. The molecule has 0 aliphatic carbocycles. The third-order valence-electron chi connectivity index (χ3n) is 3.04. The van der Waals surface area contributed by atoms with E-state index in [9.17, 15) is 4.79 Å². The zero-order chi connectivity index (χ0) is 14.0. The van der Waals surface area contributed by atoms with Gasteiger partial charge in [0.25, 0.3) is 0 Å². The van der Waals surface area contributed by atoms with Crippen LogP contribution in [-0.4, -0.2) is 15.3 Å². The number of carbonyl (C=O) groups is 1. The molecule has 19 heavy (non-hydrogen) atoms. The van der Waals surface area contributed by atoms with E-state index in [-0.39, 0.29) is 5.78 Å². The fourth-order valence-electron chi connectivity index (χ4n) is 2.00. The second-order valence-corrected chi connectivity index (χ2v) is 5.36. The summed E-state index contributed by atoms with van der Waals surface area (Å²) >= 11 is 3.37. The third-order valence-corrected chi connectivity index (χ3v) is 3.50. The number of hydrogen-bond acceptors (Lipinski definition) is 3. The molecule has 1 heterocycles. The minimum Gasteiger partial charge on any atom is -0.398 e. The Morgan fingerprint density at radius 3 is 2.89 bits per heavy atom. The Bertz CT molecular complexity index is 619. The zero-order valence-electron chi connectivity index (χ0n) is 11.0. The number of halogens is 1. The van der Waals surface area contributed by atoms with E-state index in [1.165, 1.54) is 0 Å². The summed E-state index contributed by atoms with van der Waals surface area (Å²) in [5, 5.41) is 0. The average molecular weight is 322 g/mol. The first-order valence-electron chi connectivity index (χ1n) is 6.16. The van der Waals surface area contributed by atoms with Gasteiger partial charge in [-0.3, -0.25) is 4.79 Å². The lowest BCUT2D eigenvalue weighted by atomic mass is 10.0. The molecule has 1 aromatic heterocycles. The van der Waals surface area contributed by atoms with Crippen molar-refractivity contribution in [3.05, 3.63) is 46.0 Å². The number of carbonyl (C=O) groups excluding carboxylic acids is 1. The molecule has 0 spiro atoms. The smallest absolute Gasteiger partial charge is 0.228 e. The minimum absolute atomic E-state index is 0.0936. The van der Waals surface area contributed by atoms with Crippen molar-refractivity contribution >= 4 is 27.4 Å². The number of benzene rings is 1. The zero-order valence-corrected chi connectivity index (χ0v) is 12.6. The summed E-state index contributed by atoms with van der Waals surface area (Å²) < 4.78 is 2.67. The predicted octanol–water partition coefficient (Wildman–Crippen LogP) is 3.18. The Labute approximate surface area is 120 Å². The summed E-state index contributed by atoms with van der Waals surface area (Å²) in [6.45, 7) is 4.70. The van der Waals surface area contributed by atoms with E-state index in [1.54, 1.807) is 18.3 Å². The van der Waals surface area contributed by atoms with Crippen LogP contribution in [0.2, 0.25) is 0 Å². The van der Waals surface area contributed by atoms with Crippen LogP contribution >= 0.6 is 15.9 Å². The van der Waals surface area contributed by atoms with Crippen LogP contribution < -0.4 is 5.73 Å². The number of anilines is 1. The molecule has 0 saturated carbocycles. The van der Waals surface area contributed by atoms with E-state index in [1.807, 2.05) is 17.7 Å². The summed E-state index contributed by atoms with van der Waals surface area (Å²) in [5.41, 5.74) is 7.89. The van der Waals surface area contributed by atoms with Gasteiger partial charge in [-0.05, 0) is 31.0 Å². The number of nitrogen functional groups attached to an aromatic ring is 1. The number of rotatable bonds is 4. The molecule has 2 aromatic rings. The van der Waals surface area contributed by atoms with Crippen LogP contribution in [0, 0.1) is 6.92 Å². The fourth-order valence-corrected chi connectivity index (χ4v) is 2.47. The Kier molecular flexibility index (Phi) is 4.04. The Hall–Kier alpha value is -1.62. The van der Waals surface area contributed by atoms with Crippen LogP contribution in [0.3, 0.4) is 0 Å². The molecule has 1 aromatic carbocycles. The standard InChI is InChI=1S/C14H16BrN3O/c1-3-5-18-6-4-17-14(18)13(19)11-7-10(15)8-12(16)9(11)2/h4,6-8H,3,5,16H2,1-2H3. The molecule has 0 aliphatic rings. The van der Waals surface area contributed by atoms with Crippen LogP contribution in [0.1, 0.15) is 35.1 Å². The number of ketones is 1. The van der Waals surface area contributed by atoms with E-state index in [4.69, 9.17) is 5.73 Å². The van der Waals surface area contributed by atoms with Gasteiger partial charge in [0.15, 0.2) is 5.82 Å². The first kappa shape index (κ1) is 13.8. The van der Waals surface area contributed by atoms with Crippen molar-refractivity contribution in [2.75, 3.05) is 5.73 Å². The minimum atomic E-state index is -0.0936. The number of nitrogens with two attached hydrogens (primary N) is 1. The molecule has 5 heteroatoms. The van der Waals surface area contributed by atoms with Crippen LogP contribution in [0.4, 0.5) is 5.69 Å². The maximum atomic E-state index is 12.6. The second kappa shape index (κ2) is 5.57. The largest absolute Gasteiger partial charge is 0.398 e. The molecule has 0 saturated heterocycles. The summed E-state index contributed by atoms with van der Waals surface area (Å²) in [6.07, 6.45) is 4.43. The predicted molar refractivity (Wildman–Crippen MR) is 79.2 cm³/mol. The number of imidazole rings is 1. The van der Waals surface area contributed by atoms with Gasteiger partial charge in [-0.15, -0.1) is 0 Å². The van der Waals surface area contributed by atoms with E-state index in [0.29, 0.717) is 17.1 Å². The van der Waals surface area contributed by atoms with E-state index in [0.717, 1.165) is 23.0 Å². The van der Waals surface area contributed by atoms with Gasteiger partial charge < -0.3 is 10.3 Å². The van der Waals surface area contributed by atoms with Gasteiger partial charge in [-0.25, -0.2) is 4.98 Å². The lowest BCUT2D eigenvalue weighted by molar-refractivity contribution is 0.102. The Morgan fingerprint density at radius 1 is 1.47 bits per heavy atom. The first-order chi connectivity index (χ1) is 9.04. The Morgan fingerprint density at radius 2 is 2.21 bits per heavy atom. The van der Waals surface area contributed by atoms with Crippen LogP contribution in [0.15, 0.2) is 29.0 Å². The highest BCUT2D eigenvalue weighted by atomic mass is 79.9. The lowest BCUT2D eigenvalue weighted by Crippen LogP contribution is -2.13. The van der Waals surface area contributed by atoms with Gasteiger partial charge in [-0.1, -0.05) is 22.9 Å². The molecular formula is C14H16BrN3O. The van der Waals surface area contributed by atoms with E-state index < -0.39 is 0 Å². The molecule has 0 bridgehead atoms. The molecule has 100 valence electrons. The molecule has 0 aliphatic heterocycles. The first-order valence-corrected chi connectivity index (χ1v) is 6.95. The molecule has 0 fully saturated rings. The van der Waals surface area contributed by atoms with Gasteiger partial charge in [-0.2, -0.15) is 0 Å². The van der Waals surface area contributed by atoms with Gasteiger partial charge in [0.2, 0.25) is 5.78 Å². The normalized spacial score (nSPS) is 10.7. The monoisotopic (exact) mass is 321 g/mol. The van der Waals surface area contributed by atoms with Crippen LogP contribution in [0.25, 0.3) is 0 Å². The average Bonchev–Trinajstić information content (AvgIpc) is 2.81. The number of aromatic nitrogens is 2. The maximum absolute atomic E-state index is 12.6. The Balaban J connectivity index is 2.47. The molecule has 2 N–H and O–H groups in total. The third kappa shape index (κ3) is 2.71. The van der Waals surface area contributed by atoms with Gasteiger partial charge in [0.05, 0.1) is 0 Å². The molecule has 0 radical (unpaired) electrons. The molecule has 0 atom stereocenters. The molecule has 0 unspecified atom stereocenters. The van der Waals surface area contributed by atoms with Gasteiger partial charge in [0, 0.05) is 34.7 Å². The van der Waals surface area contributed by atoms with Crippen molar-refractivity contribution in [2.45, 2.75) is 26.8 Å². The highest BCUT2D eigenvalue weighted by Gasteiger charge is 2.18. The van der Waals surface area contributed by atoms with Gasteiger partial charge in [0.1, 0.15) is 0 Å². The van der Waals surface area contributed by atoms with Crippen molar-refractivity contribution in [2.24, 2.45) is 0 Å². The van der Waals surface area contributed by atoms with Crippen molar-refractivity contribution in [3.8, 4) is 0 Å². The number of hydrogen-bond donors (Lipinski definition) is 1. The molecule has 2 rings (SSSR count). The van der Waals surface area contributed by atoms with Crippen molar-refractivity contribution in [3.63, 3.8) is 0 Å². The quantitative estimate of drug-likeness (QED) is 0.695.